The second-order valence-corrected chi connectivity index (χ2v) is 6.03. The number of rotatable bonds is 4. The van der Waals surface area contributed by atoms with Crippen LogP contribution >= 0.6 is 27.5 Å². The Morgan fingerprint density at radius 3 is 2.73 bits per heavy atom. The Bertz CT molecular complexity index is 452. The van der Waals surface area contributed by atoms with Gasteiger partial charge in [0, 0.05) is 11.0 Å². The van der Waals surface area contributed by atoms with Gasteiger partial charge in [-0.05, 0) is 23.8 Å². The standard InChI is InChI=1S/C8H8BrClFNO2S/c9-8-2-1-7(11)3-6(8)4-12-15(13,14)5-10/h1-3,12H,4-5H2. The topological polar surface area (TPSA) is 46.2 Å². The average Bonchev–Trinajstić information content (AvgIpc) is 2.20. The summed E-state index contributed by atoms with van der Waals surface area (Å²) >= 11 is 8.38. The third kappa shape index (κ3) is 4.06. The van der Waals surface area contributed by atoms with Crippen LogP contribution < -0.4 is 4.72 Å². The monoisotopic (exact) mass is 315 g/mol. The number of sulfonamides is 1. The van der Waals surface area contributed by atoms with E-state index in [1.165, 1.54) is 18.2 Å². The van der Waals surface area contributed by atoms with Crippen LogP contribution in [0.4, 0.5) is 4.39 Å². The van der Waals surface area contributed by atoms with Crippen molar-refractivity contribution in [2.24, 2.45) is 0 Å². The fourth-order valence-corrected chi connectivity index (χ4v) is 1.98. The van der Waals surface area contributed by atoms with Crippen LogP contribution in [0.3, 0.4) is 0 Å². The van der Waals surface area contributed by atoms with Gasteiger partial charge in [0.15, 0.2) is 0 Å². The molecule has 1 N–H and O–H groups in total. The van der Waals surface area contributed by atoms with Crippen LogP contribution in [0.5, 0.6) is 0 Å². The molecule has 0 heterocycles. The lowest BCUT2D eigenvalue weighted by Crippen LogP contribution is -2.24. The van der Waals surface area contributed by atoms with Crippen molar-refractivity contribution in [3.63, 3.8) is 0 Å². The largest absolute Gasteiger partial charge is 0.225 e. The molecule has 0 saturated heterocycles. The molecule has 15 heavy (non-hydrogen) atoms. The molecule has 0 aliphatic carbocycles. The number of nitrogens with one attached hydrogen (secondary N) is 1. The predicted molar refractivity (Wildman–Crippen MR) is 60.6 cm³/mol. The zero-order chi connectivity index (χ0) is 11.5. The predicted octanol–water partition coefficient (Wildman–Crippen LogP) is 2.20. The highest BCUT2D eigenvalue weighted by atomic mass is 79.9. The van der Waals surface area contributed by atoms with E-state index in [0.717, 1.165) is 0 Å². The van der Waals surface area contributed by atoms with Gasteiger partial charge >= 0.3 is 0 Å². The molecule has 0 unspecified atom stereocenters. The minimum atomic E-state index is -3.48. The van der Waals surface area contributed by atoms with Crippen LogP contribution in [0.25, 0.3) is 0 Å². The molecule has 0 aliphatic rings. The summed E-state index contributed by atoms with van der Waals surface area (Å²) in [6.07, 6.45) is 0. The van der Waals surface area contributed by atoms with Gasteiger partial charge in [0.2, 0.25) is 10.0 Å². The Kier molecular flexibility index (Phi) is 4.51. The number of hydrogen-bond acceptors (Lipinski definition) is 2. The molecule has 1 rings (SSSR count). The van der Waals surface area contributed by atoms with E-state index in [4.69, 9.17) is 11.6 Å². The summed E-state index contributed by atoms with van der Waals surface area (Å²) in [5.74, 6) is -0.418. The van der Waals surface area contributed by atoms with Crippen LogP contribution in [-0.4, -0.2) is 13.6 Å². The molecule has 1 aromatic carbocycles. The van der Waals surface area contributed by atoms with Crippen molar-refractivity contribution in [2.75, 3.05) is 5.21 Å². The van der Waals surface area contributed by atoms with E-state index in [-0.39, 0.29) is 6.54 Å². The highest BCUT2D eigenvalue weighted by Crippen LogP contribution is 2.17. The van der Waals surface area contributed by atoms with Crippen molar-refractivity contribution < 1.29 is 12.8 Å². The van der Waals surface area contributed by atoms with E-state index in [1.807, 2.05) is 0 Å². The van der Waals surface area contributed by atoms with Gasteiger partial charge in [0.25, 0.3) is 0 Å². The number of benzene rings is 1. The van der Waals surface area contributed by atoms with Gasteiger partial charge in [-0.3, -0.25) is 0 Å². The summed E-state index contributed by atoms with van der Waals surface area (Å²) in [5.41, 5.74) is 0.517. The van der Waals surface area contributed by atoms with Crippen LogP contribution in [0.15, 0.2) is 22.7 Å². The van der Waals surface area contributed by atoms with Gasteiger partial charge < -0.3 is 0 Å². The minimum absolute atomic E-state index is 0.00734. The first-order chi connectivity index (χ1) is 6.94. The summed E-state index contributed by atoms with van der Waals surface area (Å²) in [5, 5.41) is -0.514. The Morgan fingerprint density at radius 1 is 1.47 bits per heavy atom. The van der Waals surface area contributed by atoms with E-state index < -0.39 is 21.1 Å². The van der Waals surface area contributed by atoms with Crippen molar-refractivity contribution in [1.29, 1.82) is 0 Å². The maximum atomic E-state index is 12.8. The van der Waals surface area contributed by atoms with Gasteiger partial charge in [-0.25, -0.2) is 17.5 Å². The smallest absolute Gasteiger partial charge is 0.211 e. The summed E-state index contributed by atoms with van der Waals surface area (Å²) in [6.45, 7) is 0.00734. The number of alkyl halides is 1. The molecule has 7 heteroatoms. The number of halogens is 3. The molecule has 84 valence electrons. The van der Waals surface area contributed by atoms with Crippen LogP contribution in [0.1, 0.15) is 5.56 Å². The second kappa shape index (κ2) is 5.25. The molecule has 0 amide bonds. The zero-order valence-electron chi connectivity index (χ0n) is 7.50. The third-order valence-electron chi connectivity index (χ3n) is 1.63. The van der Waals surface area contributed by atoms with Crippen molar-refractivity contribution in [3.8, 4) is 0 Å². The number of hydrogen-bond donors (Lipinski definition) is 1. The lowest BCUT2D eigenvalue weighted by Gasteiger charge is -2.06. The van der Waals surface area contributed by atoms with Crippen molar-refractivity contribution in [2.45, 2.75) is 6.54 Å². The van der Waals surface area contributed by atoms with Gasteiger partial charge in [0.05, 0.1) is 0 Å². The fraction of sp³-hybridized carbons (Fsp3) is 0.250. The normalized spacial score (nSPS) is 11.7. The molecule has 0 aliphatic heterocycles. The van der Waals surface area contributed by atoms with Crippen molar-refractivity contribution >= 4 is 37.6 Å². The third-order valence-corrected chi connectivity index (χ3v) is 4.14. The Hall–Kier alpha value is -0.170. The molecule has 0 fully saturated rings. The van der Waals surface area contributed by atoms with Gasteiger partial charge in [-0.1, -0.05) is 15.9 Å². The average molecular weight is 317 g/mol. The Morgan fingerprint density at radius 2 is 2.13 bits per heavy atom. The van der Waals surface area contributed by atoms with Crippen LogP contribution in [0, 0.1) is 5.82 Å². The fourth-order valence-electron chi connectivity index (χ4n) is 0.905. The molecular formula is C8H8BrClFNO2S. The molecule has 0 radical (unpaired) electrons. The van der Waals surface area contributed by atoms with E-state index in [0.29, 0.717) is 10.0 Å². The molecule has 3 nitrogen and oxygen atoms in total. The second-order valence-electron chi connectivity index (χ2n) is 2.78. The molecule has 0 aromatic heterocycles. The molecule has 0 saturated carbocycles. The van der Waals surface area contributed by atoms with Gasteiger partial charge in [0.1, 0.15) is 11.0 Å². The maximum Gasteiger partial charge on any atom is 0.225 e. The molecule has 0 spiro atoms. The van der Waals surface area contributed by atoms with E-state index in [2.05, 4.69) is 20.7 Å². The lowest BCUT2D eigenvalue weighted by atomic mass is 10.2. The Balaban J connectivity index is 2.78. The first-order valence-corrected chi connectivity index (χ1v) is 6.90. The highest BCUT2D eigenvalue weighted by molar-refractivity contribution is 9.10. The maximum absolute atomic E-state index is 12.8. The summed E-state index contributed by atoms with van der Waals surface area (Å²) < 4.78 is 37.7. The molecular weight excluding hydrogens is 309 g/mol. The van der Waals surface area contributed by atoms with E-state index >= 15 is 0 Å². The zero-order valence-corrected chi connectivity index (χ0v) is 10.7. The molecule has 0 bridgehead atoms. The lowest BCUT2D eigenvalue weighted by molar-refractivity contribution is 0.584. The first kappa shape index (κ1) is 12.9. The summed E-state index contributed by atoms with van der Waals surface area (Å²) in [4.78, 5) is 0. The van der Waals surface area contributed by atoms with Gasteiger partial charge in [-0.2, -0.15) is 0 Å². The van der Waals surface area contributed by atoms with Crippen molar-refractivity contribution in [1.82, 2.24) is 4.72 Å². The van der Waals surface area contributed by atoms with Crippen molar-refractivity contribution in [3.05, 3.63) is 34.1 Å². The summed E-state index contributed by atoms with van der Waals surface area (Å²) in [7, 11) is -3.48. The van der Waals surface area contributed by atoms with E-state index in [1.54, 1.807) is 0 Å². The van der Waals surface area contributed by atoms with Crippen LogP contribution in [0.2, 0.25) is 0 Å². The quantitative estimate of drug-likeness (QED) is 0.866. The first-order valence-electron chi connectivity index (χ1n) is 3.92. The minimum Gasteiger partial charge on any atom is -0.211 e. The van der Waals surface area contributed by atoms with Gasteiger partial charge in [-0.15, -0.1) is 11.6 Å². The van der Waals surface area contributed by atoms with Crippen LogP contribution in [-0.2, 0) is 16.6 Å². The highest BCUT2D eigenvalue weighted by Gasteiger charge is 2.09. The Labute approximate surface area is 101 Å². The SMILES string of the molecule is O=S(=O)(CCl)NCc1cc(F)ccc1Br. The summed E-state index contributed by atoms with van der Waals surface area (Å²) in [6, 6.07) is 4.05. The van der Waals surface area contributed by atoms with E-state index in [9.17, 15) is 12.8 Å². The molecule has 0 atom stereocenters. The molecule has 1 aromatic rings.